The topological polar surface area (TPSA) is 38.3 Å². The summed E-state index contributed by atoms with van der Waals surface area (Å²) in [4.78, 5) is 11.4. The van der Waals surface area contributed by atoms with Gasteiger partial charge in [0.2, 0.25) is 0 Å². The third-order valence-electron chi connectivity index (χ3n) is 2.68. The average molecular weight is 169 g/mol. The first-order valence-electron chi connectivity index (χ1n) is 4.80. The van der Waals surface area contributed by atoms with Gasteiger partial charge in [0, 0.05) is 0 Å². The van der Waals surface area contributed by atoms with E-state index >= 15 is 0 Å². The molecule has 0 unspecified atom stereocenters. The Bertz CT molecular complexity index is 171. The highest BCUT2D eigenvalue weighted by atomic mass is 16.5. The smallest absolute Gasteiger partial charge is 0.323 e. The highest BCUT2D eigenvalue weighted by Gasteiger charge is 2.28. The summed E-state index contributed by atoms with van der Waals surface area (Å²) in [6, 6.07) is -0.00870. The maximum Gasteiger partial charge on any atom is 0.323 e. The summed E-state index contributed by atoms with van der Waals surface area (Å²) < 4.78 is 5.27. The van der Waals surface area contributed by atoms with Gasteiger partial charge in [-0.15, -0.1) is 0 Å². The second-order valence-electron chi connectivity index (χ2n) is 3.64. The molecule has 1 aliphatic carbocycles. The first kappa shape index (κ1) is 8.05. The van der Waals surface area contributed by atoms with Gasteiger partial charge in [0.15, 0.2) is 0 Å². The molecule has 0 aromatic rings. The van der Waals surface area contributed by atoms with Gasteiger partial charge in [-0.05, 0) is 38.6 Å². The van der Waals surface area contributed by atoms with Gasteiger partial charge < -0.3 is 10.1 Å². The fourth-order valence-corrected chi connectivity index (χ4v) is 1.62. The van der Waals surface area contributed by atoms with Crippen molar-refractivity contribution in [2.24, 2.45) is 0 Å². The minimum absolute atomic E-state index is 0.00870. The monoisotopic (exact) mass is 169 g/mol. The predicted molar refractivity (Wildman–Crippen MR) is 44.8 cm³/mol. The van der Waals surface area contributed by atoms with Crippen LogP contribution in [0.3, 0.4) is 0 Å². The lowest BCUT2D eigenvalue weighted by Gasteiger charge is -2.26. The summed E-state index contributed by atoms with van der Waals surface area (Å²) in [6.07, 6.45) is 5.64. The summed E-state index contributed by atoms with van der Waals surface area (Å²) in [5.74, 6) is -0.0304. The van der Waals surface area contributed by atoms with Gasteiger partial charge >= 0.3 is 5.97 Å². The molecule has 2 rings (SSSR count). The van der Waals surface area contributed by atoms with Crippen LogP contribution in [0.4, 0.5) is 0 Å². The van der Waals surface area contributed by atoms with E-state index in [0.717, 1.165) is 32.2 Å². The number of esters is 1. The highest BCUT2D eigenvalue weighted by molar-refractivity contribution is 5.76. The molecule has 2 aliphatic rings. The van der Waals surface area contributed by atoms with Gasteiger partial charge in [-0.3, -0.25) is 4.79 Å². The Morgan fingerprint density at radius 2 is 2.08 bits per heavy atom. The van der Waals surface area contributed by atoms with Crippen LogP contribution in [-0.2, 0) is 9.53 Å². The summed E-state index contributed by atoms with van der Waals surface area (Å²) in [7, 11) is 0. The van der Waals surface area contributed by atoms with Crippen molar-refractivity contribution in [3.8, 4) is 0 Å². The summed E-state index contributed by atoms with van der Waals surface area (Å²) in [5, 5.41) is 3.14. The van der Waals surface area contributed by atoms with Gasteiger partial charge in [-0.1, -0.05) is 0 Å². The zero-order valence-electron chi connectivity index (χ0n) is 7.21. The fourth-order valence-electron chi connectivity index (χ4n) is 1.62. The molecular formula is C9H15NO2. The number of ether oxygens (including phenoxy) is 1. The van der Waals surface area contributed by atoms with Crippen molar-refractivity contribution in [3.05, 3.63) is 0 Å². The molecule has 0 aromatic carbocycles. The van der Waals surface area contributed by atoms with Crippen LogP contribution in [0.15, 0.2) is 0 Å². The molecule has 0 bridgehead atoms. The van der Waals surface area contributed by atoms with Crippen LogP contribution >= 0.6 is 0 Å². The molecule has 1 atom stereocenters. The van der Waals surface area contributed by atoms with Crippen LogP contribution < -0.4 is 5.32 Å². The number of nitrogens with one attached hydrogen (secondary N) is 1. The van der Waals surface area contributed by atoms with E-state index in [1.807, 2.05) is 0 Å². The molecular weight excluding hydrogens is 154 g/mol. The first-order chi connectivity index (χ1) is 5.86. The number of rotatable bonds is 2. The summed E-state index contributed by atoms with van der Waals surface area (Å²) in [6.45, 7) is 0.963. The van der Waals surface area contributed by atoms with Gasteiger partial charge in [0.1, 0.15) is 12.1 Å². The van der Waals surface area contributed by atoms with E-state index in [0.29, 0.717) is 0 Å². The molecule has 1 saturated carbocycles. The molecule has 68 valence electrons. The minimum atomic E-state index is -0.0304. The number of hydrogen-bond acceptors (Lipinski definition) is 3. The first-order valence-corrected chi connectivity index (χ1v) is 4.80. The lowest BCUT2D eigenvalue weighted by Crippen LogP contribution is -2.36. The van der Waals surface area contributed by atoms with Crippen LogP contribution in [0, 0.1) is 0 Å². The van der Waals surface area contributed by atoms with Gasteiger partial charge in [-0.25, -0.2) is 0 Å². The largest absolute Gasteiger partial charge is 0.461 e. The maximum absolute atomic E-state index is 11.4. The molecule has 1 N–H and O–H groups in total. The van der Waals surface area contributed by atoms with E-state index in [1.165, 1.54) is 6.42 Å². The summed E-state index contributed by atoms with van der Waals surface area (Å²) >= 11 is 0. The Hall–Kier alpha value is -0.570. The van der Waals surface area contributed by atoms with E-state index in [4.69, 9.17) is 4.74 Å². The zero-order chi connectivity index (χ0) is 8.39. The average Bonchev–Trinajstić information content (AvgIpc) is 2.47. The zero-order valence-corrected chi connectivity index (χ0v) is 7.21. The molecule has 0 amide bonds. The quantitative estimate of drug-likeness (QED) is 0.622. The highest BCUT2D eigenvalue weighted by Crippen LogP contribution is 2.23. The van der Waals surface area contributed by atoms with Crippen LogP contribution in [0.2, 0.25) is 0 Å². The van der Waals surface area contributed by atoms with Crippen LogP contribution in [0.1, 0.15) is 32.1 Å². The third-order valence-corrected chi connectivity index (χ3v) is 2.68. The van der Waals surface area contributed by atoms with E-state index in [2.05, 4.69) is 5.32 Å². The van der Waals surface area contributed by atoms with Gasteiger partial charge in [0.25, 0.3) is 0 Å². The van der Waals surface area contributed by atoms with Crippen molar-refractivity contribution in [3.63, 3.8) is 0 Å². The number of carbonyl (C=O) groups is 1. The molecule has 3 nitrogen and oxygen atoms in total. The second kappa shape index (κ2) is 3.44. The molecule has 1 aliphatic heterocycles. The number of carbonyl (C=O) groups excluding carboxylic acids is 1. The van der Waals surface area contributed by atoms with Crippen LogP contribution in [0.25, 0.3) is 0 Å². The maximum atomic E-state index is 11.4. The molecule has 2 fully saturated rings. The predicted octanol–water partition coefficient (Wildman–Crippen LogP) is 0.834. The van der Waals surface area contributed by atoms with Crippen molar-refractivity contribution < 1.29 is 9.53 Å². The van der Waals surface area contributed by atoms with E-state index in [9.17, 15) is 4.79 Å². The summed E-state index contributed by atoms with van der Waals surface area (Å²) in [5.41, 5.74) is 0. The lowest BCUT2D eigenvalue weighted by atomic mass is 9.96. The van der Waals surface area contributed by atoms with Crippen LogP contribution in [-0.4, -0.2) is 24.7 Å². The molecule has 3 heteroatoms. The second-order valence-corrected chi connectivity index (χ2v) is 3.64. The molecule has 0 radical (unpaired) electrons. The SMILES string of the molecule is O=C(OC1CCC1)[C@@H]1CCCN1. The van der Waals surface area contributed by atoms with Crippen molar-refractivity contribution in [2.45, 2.75) is 44.2 Å². The molecule has 1 saturated heterocycles. The van der Waals surface area contributed by atoms with Gasteiger partial charge in [0.05, 0.1) is 0 Å². The minimum Gasteiger partial charge on any atom is -0.461 e. The van der Waals surface area contributed by atoms with Crippen molar-refractivity contribution in [1.29, 1.82) is 0 Å². The van der Waals surface area contributed by atoms with E-state index in [1.54, 1.807) is 0 Å². The number of hydrogen-bond donors (Lipinski definition) is 1. The fraction of sp³-hybridized carbons (Fsp3) is 0.889. The molecule has 12 heavy (non-hydrogen) atoms. The van der Waals surface area contributed by atoms with E-state index in [-0.39, 0.29) is 18.1 Å². The lowest BCUT2D eigenvalue weighted by molar-refractivity contribution is -0.155. The van der Waals surface area contributed by atoms with Crippen molar-refractivity contribution >= 4 is 5.97 Å². The van der Waals surface area contributed by atoms with E-state index < -0.39 is 0 Å². The van der Waals surface area contributed by atoms with Crippen molar-refractivity contribution in [1.82, 2.24) is 5.32 Å². The normalized spacial score (nSPS) is 29.8. The standard InChI is InChI=1S/C9H15NO2/c11-9(8-5-2-6-10-8)12-7-3-1-4-7/h7-8,10H,1-6H2/t8-/m0/s1. The Balaban J connectivity index is 1.74. The Morgan fingerprint density at radius 3 is 2.58 bits per heavy atom. The van der Waals surface area contributed by atoms with Gasteiger partial charge in [-0.2, -0.15) is 0 Å². The van der Waals surface area contributed by atoms with Crippen LogP contribution in [0.5, 0.6) is 0 Å². The molecule has 1 heterocycles. The Kier molecular flexibility index (Phi) is 2.30. The molecule has 0 aromatic heterocycles. The third kappa shape index (κ3) is 1.61. The Morgan fingerprint density at radius 1 is 1.25 bits per heavy atom. The van der Waals surface area contributed by atoms with Crippen molar-refractivity contribution in [2.75, 3.05) is 6.54 Å². The molecule has 0 spiro atoms. The Labute approximate surface area is 72.5 Å².